The van der Waals surface area contributed by atoms with E-state index >= 15 is 0 Å². The summed E-state index contributed by atoms with van der Waals surface area (Å²) in [5, 5.41) is 3.73. The maximum atomic E-state index is 13.3. The van der Waals surface area contributed by atoms with E-state index in [2.05, 4.69) is 9.88 Å². The van der Waals surface area contributed by atoms with Crippen LogP contribution >= 0.6 is 0 Å². The lowest BCUT2D eigenvalue weighted by Gasteiger charge is -2.29. The highest BCUT2D eigenvalue weighted by Crippen LogP contribution is 2.24. The lowest BCUT2D eigenvalue weighted by molar-refractivity contribution is 0.183. The van der Waals surface area contributed by atoms with Crippen LogP contribution in [-0.2, 0) is 19.6 Å². The molecule has 1 aliphatic rings. The van der Waals surface area contributed by atoms with Gasteiger partial charge in [-0.25, -0.2) is 9.18 Å². The molecule has 6 heteroatoms. The maximum absolute atomic E-state index is 13.3. The van der Waals surface area contributed by atoms with Gasteiger partial charge in [-0.2, -0.15) is 0 Å². The van der Waals surface area contributed by atoms with Crippen LogP contribution in [0.15, 0.2) is 47.1 Å². The van der Waals surface area contributed by atoms with Gasteiger partial charge in [-0.05, 0) is 36.4 Å². The minimum absolute atomic E-state index is 0.121. The average Bonchev–Trinajstić information content (AvgIpc) is 3.18. The van der Waals surface area contributed by atoms with Crippen LogP contribution in [0.25, 0.3) is 10.9 Å². The zero-order chi connectivity index (χ0) is 15.8. The molecule has 3 heterocycles. The summed E-state index contributed by atoms with van der Waals surface area (Å²) < 4.78 is 20.7. The van der Waals surface area contributed by atoms with Gasteiger partial charge in [0.2, 0.25) is 0 Å². The SMILES string of the molecule is O=C(NCc1ccco1)N1CCn2c(cc3cc(F)ccc32)C1. The van der Waals surface area contributed by atoms with E-state index in [1.165, 1.54) is 12.1 Å². The summed E-state index contributed by atoms with van der Waals surface area (Å²) in [5.74, 6) is 0.480. The number of furan rings is 1. The average molecular weight is 313 g/mol. The Morgan fingerprint density at radius 3 is 3.00 bits per heavy atom. The quantitative estimate of drug-likeness (QED) is 0.790. The molecule has 0 unspecified atom stereocenters. The minimum atomic E-state index is -0.242. The van der Waals surface area contributed by atoms with Crippen molar-refractivity contribution in [3.63, 3.8) is 0 Å². The number of carbonyl (C=O) groups excluding carboxylic acids is 1. The number of nitrogens with one attached hydrogen (secondary N) is 1. The van der Waals surface area contributed by atoms with Gasteiger partial charge in [0.1, 0.15) is 11.6 Å². The fourth-order valence-electron chi connectivity index (χ4n) is 3.05. The van der Waals surface area contributed by atoms with E-state index in [0.29, 0.717) is 26.2 Å². The fourth-order valence-corrected chi connectivity index (χ4v) is 3.05. The summed E-state index contributed by atoms with van der Waals surface area (Å²) in [6.07, 6.45) is 1.58. The predicted molar refractivity (Wildman–Crippen MR) is 83.2 cm³/mol. The molecule has 2 aromatic heterocycles. The highest BCUT2D eigenvalue weighted by molar-refractivity contribution is 5.82. The molecule has 0 saturated carbocycles. The van der Waals surface area contributed by atoms with Gasteiger partial charge in [-0.3, -0.25) is 0 Å². The van der Waals surface area contributed by atoms with Crippen LogP contribution in [0.4, 0.5) is 9.18 Å². The number of urea groups is 1. The van der Waals surface area contributed by atoms with Crippen molar-refractivity contribution < 1.29 is 13.6 Å². The topological polar surface area (TPSA) is 50.4 Å². The first-order valence-electron chi connectivity index (χ1n) is 7.53. The molecule has 0 aliphatic carbocycles. The molecule has 23 heavy (non-hydrogen) atoms. The van der Waals surface area contributed by atoms with Crippen molar-refractivity contribution in [3.05, 3.63) is 59.9 Å². The fraction of sp³-hybridized carbons (Fsp3) is 0.235. The summed E-state index contributed by atoms with van der Waals surface area (Å²) in [5.41, 5.74) is 2.03. The van der Waals surface area contributed by atoms with Crippen molar-refractivity contribution >= 4 is 16.9 Å². The van der Waals surface area contributed by atoms with Crippen molar-refractivity contribution in [2.24, 2.45) is 0 Å². The Labute approximate surface area is 132 Å². The number of rotatable bonds is 2. The molecule has 2 amide bonds. The molecule has 1 N–H and O–H groups in total. The van der Waals surface area contributed by atoms with Gasteiger partial charge >= 0.3 is 6.03 Å². The highest BCUT2D eigenvalue weighted by atomic mass is 19.1. The molecular formula is C17H16FN3O2. The number of fused-ring (bicyclic) bond motifs is 3. The van der Waals surface area contributed by atoms with Crippen LogP contribution in [0.5, 0.6) is 0 Å². The Kier molecular flexibility index (Phi) is 3.29. The van der Waals surface area contributed by atoms with Gasteiger partial charge in [0.15, 0.2) is 0 Å². The Morgan fingerprint density at radius 2 is 2.17 bits per heavy atom. The van der Waals surface area contributed by atoms with Crippen molar-refractivity contribution in [1.82, 2.24) is 14.8 Å². The van der Waals surface area contributed by atoms with Gasteiger partial charge in [0.05, 0.1) is 19.4 Å². The largest absolute Gasteiger partial charge is 0.467 e. The van der Waals surface area contributed by atoms with Crippen LogP contribution in [0.1, 0.15) is 11.5 Å². The first kappa shape index (κ1) is 13.9. The molecule has 0 spiro atoms. The zero-order valence-corrected chi connectivity index (χ0v) is 12.5. The maximum Gasteiger partial charge on any atom is 0.318 e. The van der Waals surface area contributed by atoms with E-state index in [4.69, 9.17) is 4.42 Å². The lowest BCUT2D eigenvalue weighted by atomic mass is 10.2. The molecule has 0 atom stereocenters. The minimum Gasteiger partial charge on any atom is -0.467 e. The lowest BCUT2D eigenvalue weighted by Crippen LogP contribution is -2.43. The summed E-state index contributed by atoms with van der Waals surface area (Å²) in [4.78, 5) is 14.0. The predicted octanol–water partition coefficient (Wildman–Crippen LogP) is 3.10. The summed E-state index contributed by atoms with van der Waals surface area (Å²) in [6.45, 7) is 2.22. The van der Waals surface area contributed by atoms with Crippen LogP contribution < -0.4 is 5.32 Å². The van der Waals surface area contributed by atoms with Gasteiger partial charge < -0.3 is 19.2 Å². The van der Waals surface area contributed by atoms with Crippen LogP contribution in [-0.4, -0.2) is 22.0 Å². The third-order valence-electron chi connectivity index (χ3n) is 4.18. The van der Waals surface area contributed by atoms with Gasteiger partial charge in [0, 0.05) is 29.7 Å². The Morgan fingerprint density at radius 1 is 1.26 bits per heavy atom. The third kappa shape index (κ3) is 2.56. The molecule has 118 valence electrons. The number of hydrogen-bond acceptors (Lipinski definition) is 2. The molecular weight excluding hydrogens is 297 g/mol. The highest BCUT2D eigenvalue weighted by Gasteiger charge is 2.22. The van der Waals surface area contributed by atoms with Crippen molar-refractivity contribution in [2.75, 3.05) is 6.54 Å². The van der Waals surface area contributed by atoms with Crippen molar-refractivity contribution in [1.29, 1.82) is 0 Å². The number of carbonyl (C=O) groups is 1. The second-order valence-corrected chi connectivity index (χ2v) is 5.65. The van der Waals surface area contributed by atoms with E-state index in [1.807, 2.05) is 12.1 Å². The van der Waals surface area contributed by atoms with E-state index in [1.54, 1.807) is 23.3 Å². The van der Waals surface area contributed by atoms with Crippen LogP contribution in [0.3, 0.4) is 0 Å². The normalized spacial score (nSPS) is 14.0. The van der Waals surface area contributed by atoms with Crippen molar-refractivity contribution in [2.45, 2.75) is 19.6 Å². The Hall–Kier alpha value is -2.76. The standard InChI is InChI=1S/C17H16FN3O2/c18-13-3-4-16-12(8-13)9-14-11-20(5-6-21(14)16)17(22)19-10-15-2-1-7-23-15/h1-4,7-9H,5-6,10-11H2,(H,19,22). The van der Waals surface area contributed by atoms with E-state index in [0.717, 1.165) is 22.4 Å². The van der Waals surface area contributed by atoms with Crippen LogP contribution in [0.2, 0.25) is 0 Å². The number of hydrogen-bond donors (Lipinski definition) is 1. The molecule has 0 saturated heterocycles. The zero-order valence-electron chi connectivity index (χ0n) is 12.5. The second-order valence-electron chi connectivity index (χ2n) is 5.65. The molecule has 4 rings (SSSR count). The van der Waals surface area contributed by atoms with E-state index in [9.17, 15) is 9.18 Å². The number of nitrogens with zero attached hydrogens (tertiary/aromatic N) is 2. The summed E-state index contributed by atoms with van der Waals surface area (Å²) >= 11 is 0. The molecule has 0 bridgehead atoms. The van der Waals surface area contributed by atoms with E-state index in [-0.39, 0.29) is 11.8 Å². The van der Waals surface area contributed by atoms with Gasteiger partial charge in [0.25, 0.3) is 0 Å². The number of amides is 2. The van der Waals surface area contributed by atoms with E-state index < -0.39 is 0 Å². The molecule has 5 nitrogen and oxygen atoms in total. The molecule has 0 radical (unpaired) electrons. The molecule has 3 aromatic rings. The Bertz CT molecular complexity index is 854. The third-order valence-corrected chi connectivity index (χ3v) is 4.18. The Balaban J connectivity index is 1.49. The molecule has 1 aliphatic heterocycles. The molecule has 0 fully saturated rings. The summed E-state index contributed by atoms with van der Waals surface area (Å²) in [7, 11) is 0. The van der Waals surface area contributed by atoms with Gasteiger partial charge in [-0.1, -0.05) is 0 Å². The first-order chi connectivity index (χ1) is 11.2. The first-order valence-corrected chi connectivity index (χ1v) is 7.53. The number of halogens is 1. The second kappa shape index (κ2) is 5.46. The smallest absolute Gasteiger partial charge is 0.318 e. The monoisotopic (exact) mass is 313 g/mol. The molecule has 1 aromatic carbocycles. The number of aromatic nitrogens is 1. The van der Waals surface area contributed by atoms with Crippen LogP contribution in [0, 0.1) is 5.82 Å². The number of benzene rings is 1. The van der Waals surface area contributed by atoms with Crippen molar-refractivity contribution in [3.8, 4) is 0 Å². The summed E-state index contributed by atoms with van der Waals surface area (Å²) in [6, 6.07) is 10.2. The van der Waals surface area contributed by atoms with Gasteiger partial charge in [-0.15, -0.1) is 0 Å².